The molecule has 1 rings (SSSR count). The number of nitrogens with zero attached hydrogens (tertiary/aromatic N) is 1. The summed E-state index contributed by atoms with van der Waals surface area (Å²) in [5.74, 6) is -2.55. The molecule has 0 saturated carbocycles. The molecule has 110 valence electrons. The molecule has 1 aromatic rings. The van der Waals surface area contributed by atoms with E-state index < -0.39 is 47.8 Å². The lowest BCUT2D eigenvalue weighted by Gasteiger charge is -2.15. The molecule has 0 aromatic heterocycles. The van der Waals surface area contributed by atoms with Crippen molar-refractivity contribution in [3.8, 4) is 5.75 Å². The molecule has 0 spiro atoms. The summed E-state index contributed by atoms with van der Waals surface area (Å²) in [5.41, 5.74) is -2.08. The minimum atomic E-state index is -4.46. The van der Waals surface area contributed by atoms with Gasteiger partial charge in [0.05, 0.1) is 17.1 Å². The Bertz CT molecular complexity index is 686. The lowest BCUT2D eigenvalue weighted by Crippen LogP contribution is -2.17. The van der Waals surface area contributed by atoms with E-state index in [2.05, 4.69) is 4.74 Å². The van der Waals surface area contributed by atoms with E-state index in [1.165, 1.54) is 6.92 Å². The molecule has 0 atom stereocenters. The number of halogens is 1. The van der Waals surface area contributed by atoms with Crippen molar-refractivity contribution in [3.05, 3.63) is 26.8 Å². The van der Waals surface area contributed by atoms with Gasteiger partial charge in [-0.3, -0.25) is 10.1 Å². The fourth-order valence-electron chi connectivity index (χ4n) is 1.33. The number of esters is 1. The standard InChI is InChI=1S/C9H9ClN2O7S/c1-2-19-9(14)4-3-5(20(11,17)18)6(10)7(8(4)13)12(15)16/h3,13H,2H2,1H3,(H2,11,17,18)/p-1. The van der Waals surface area contributed by atoms with E-state index in [0.717, 1.165) is 0 Å². The van der Waals surface area contributed by atoms with E-state index in [-0.39, 0.29) is 6.61 Å². The van der Waals surface area contributed by atoms with Gasteiger partial charge in [-0.15, -0.1) is 0 Å². The molecule has 0 amide bonds. The number of rotatable bonds is 4. The first-order chi connectivity index (χ1) is 9.11. The minimum Gasteiger partial charge on any atom is -0.867 e. The first kappa shape index (κ1) is 16.1. The third-order valence-corrected chi connectivity index (χ3v) is 3.57. The second-order valence-corrected chi connectivity index (χ2v) is 5.34. The highest BCUT2D eigenvalue weighted by atomic mass is 35.5. The number of ether oxygens (including phenoxy) is 1. The highest BCUT2D eigenvalue weighted by molar-refractivity contribution is 7.89. The average Bonchev–Trinajstić information content (AvgIpc) is 2.26. The summed E-state index contributed by atoms with van der Waals surface area (Å²) in [6, 6.07) is 0.561. The smallest absolute Gasteiger partial charge is 0.337 e. The summed E-state index contributed by atoms with van der Waals surface area (Å²) in [6.07, 6.45) is 0. The highest BCUT2D eigenvalue weighted by Crippen LogP contribution is 2.39. The molecule has 2 N–H and O–H groups in total. The van der Waals surface area contributed by atoms with Crippen molar-refractivity contribution in [2.75, 3.05) is 6.61 Å². The molecule has 0 aliphatic carbocycles. The number of carbonyl (C=O) groups is 1. The lowest BCUT2D eigenvalue weighted by molar-refractivity contribution is -0.398. The molecule has 9 nitrogen and oxygen atoms in total. The van der Waals surface area contributed by atoms with Crippen molar-refractivity contribution in [3.63, 3.8) is 0 Å². The van der Waals surface area contributed by atoms with Gasteiger partial charge in [0.2, 0.25) is 10.0 Å². The molecular formula is C9H8ClN2O7S-. The maximum Gasteiger partial charge on any atom is 0.337 e. The summed E-state index contributed by atoms with van der Waals surface area (Å²) in [6.45, 7) is 1.33. The van der Waals surface area contributed by atoms with Gasteiger partial charge in [0.25, 0.3) is 5.69 Å². The van der Waals surface area contributed by atoms with E-state index in [4.69, 9.17) is 16.7 Å². The number of hydrogen-bond donors (Lipinski definition) is 1. The monoisotopic (exact) mass is 323 g/mol. The van der Waals surface area contributed by atoms with Gasteiger partial charge < -0.3 is 9.84 Å². The van der Waals surface area contributed by atoms with Gasteiger partial charge in [-0.25, -0.2) is 18.4 Å². The van der Waals surface area contributed by atoms with Crippen molar-refractivity contribution >= 4 is 33.3 Å². The molecule has 0 fully saturated rings. The third-order valence-electron chi connectivity index (χ3n) is 2.14. The van der Waals surface area contributed by atoms with Crippen LogP contribution in [-0.4, -0.2) is 25.9 Å². The summed E-state index contributed by atoms with van der Waals surface area (Å²) < 4.78 is 27.1. The minimum absolute atomic E-state index is 0.112. The quantitative estimate of drug-likeness (QED) is 0.470. The fourth-order valence-corrected chi connectivity index (χ4v) is 2.50. The molecule has 0 saturated heterocycles. The predicted octanol–water partition coefficient (Wildman–Crippen LogP) is 0.146. The van der Waals surface area contributed by atoms with Gasteiger partial charge in [-0.1, -0.05) is 11.6 Å². The van der Waals surface area contributed by atoms with Gasteiger partial charge in [-0.2, -0.15) is 0 Å². The lowest BCUT2D eigenvalue weighted by atomic mass is 10.1. The molecule has 20 heavy (non-hydrogen) atoms. The number of nitro groups is 1. The number of carbonyl (C=O) groups excluding carboxylic acids is 1. The zero-order valence-corrected chi connectivity index (χ0v) is 11.5. The Morgan fingerprint density at radius 2 is 2.10 bits per heavy atom. The van der Waals surface area contributed by atoms with Crippen molar-refractivity contribution in [1.82, 2.24) is 0 Å². The SMILES string of the molecule is CCOC(=O)c1cc(S(N)(=O)=O)c(Cl)c([N+](=O)[O-])c1[O-]. The van der Waals surface area contributed by atoms with Crippen LogP contribution in [0.25, 0.3) is 0 Å². The summed E-state index contributed by atoms with van der Waals surface area (Å²) in [4.78, 5) is 20.2. The molecule has 1 aromatic carbocycles. The Kier molecular flexibility index (Phi) is 4.53. The van der Waals surface area contributed by atoms with Crippen molar-refractivity contribution in [1.29, 1.82) is 0 Å². The van der Waals surface area contributed by atoms with E-state index in [9.17, 15) is 28.4 Å². The van der Waals surface area contributed by atoms with Crippen LogP contribution in [0.1, 0.15) is 17.3 Å². The molecule has 0 unspecified atom stereocenters. The van der Waals surface area contributed by atoms with Crippen molar-refractivity contribution in [2.45, 2.75) is 11.8 Å². The van der Waals surface area contributed by atoms with Crippen LogP contribution >= 0.6 is 11.6 Å². The maximum atomic E-state index is 11.8. The summed E-state index contributed by atoms with van der Waals surface area (Å²) in [7, 11) is -4.46. The maximum absolute atomic E-state index is 11.8. The van der Waals surface area contributed by atoms with Gasteiger partial charge >= 0.3 is 5.97 Å². The largest absolute Gasteiger partial charge is 0.867 e. The number of nitrogens with two attached hydrogens (primary N) is 1. The predicted molar refractivity (Wildman–Crippen MR) is 64.9 cm³/mol. The van der Waals surface area contributed by atoms with Crippen LogP contribution in [0.3, 0.4) is 0 Å². The molecule has 0 heterocycles. The first-order valence-corrected chi connectivity index (χ1v) is 6.91. The van der Waals surface area contributed by atoms with E-state index in [1.54, 1.807) is 0 Å². The third kappa shape index (κ3) is 2.98. The van der Waals surface area contributed by atoms with Gasteiger partial charge in [0.15, 0.2) is 0 Å². The van der Waals surface area contributed by atoms with Gasteiger partial charge in [0, 0.05) is 0 Å². The number of hydrogen-bond acceptors (Lipinski definition) is 7. The Balaban J connectivity index is 3.76. The Hall–Kier alpha value is -1.91. The number of nitro benzene ring substituents is 1. The molecule has 0 radical (unpaired) electrons. The van der Waals surface area contributed by atoms with Crippen LogP contribution in [0, 0.1) is 10.1 Å². The Labute approximate surface area is 118 Å². The van der Waals surface area contributed by atoms with Crippen LogP contribution in [0.2, 0.25) is 5.02 Å². The van der Waals surface area contributed by atoms with Gasteiger partial charge in [-0.05, 0) is 18.7 Å². The second kappa shape index (κ2) is 5.61. The number of benzene rings is 1. The number of sulfonamides is 1. The van der Waals surface area contributed by atoms with Crippen LogP contribution < -0.4 is 10.2 Å². The van der Waals surface area contributed by atoms with E-state index in [0.29, 0.717) is 6.07 Å². The first-order valence-electron chi connectivity index (χ1n) is 4.99. The normalized spacial score (nSPS) is 11.2. The fraction of sp³-hybridized carbons (Fsp3) is 0.222. The van der Waals surface area contributed by atoms with E-state index in [1.807, 2.05) is 0 Å². The van der Waals surface area contributed by atoms with Gasteiger partial charge in [0.1, 0.15) is 9.92 Å². The average molecular weight is 324 g/mol. The molecule has 11 heteroatoms. The van der Waals surface area contributed by atoms with Crippen LogP contribution in [0.15, 0.2) is 11.0 Å². The van der Waals surface area contributed by atoms with Crippen LogP contribution in [-0.2, 0) is 14.8 Å². The summed E-state index contributed by atoms with van der Waals surface area (Å²) >= 11 is 5.49. The zero-order valence-electron chi connectivity index (χ0n) is 9.95. The summed E-state index contributed by atoms with van der Waals surface area (Å²) in [5, 5.41) is 26.4. The van der Waals surface area contributed by atoms with E-state index >= 15 is 0 Å². The van der Waals surface area contributed by atoms with Crippen LogP contribution in [0.4, 0.5) is 5.69 Å². The zero-order chi connectivity index (χ0) is 15.7. The molecular weight excluding hydrogens is 316 g/mol. The second-order valence-electron chi connectivity index (χ2n) is 3.44. The topological polar surface area (TPSA) is 153 Å². The number of primary sulfonamides is 1. The molecule has 0 aliphatic rings. The Morgan fingerprint density at radius 3 is 2.50 bits per heavy atom. The van der Waals surface area contributed by atoms with Crippen molar-refractivity contribution < 1.29 is 28.0 Å². The van der Waals surface area contributed by atoms with Crippen molar-refractivity contribution in [2.24, 2.45) is 5.14 Å². The Morgan fingerprint density at radius 1 is 1.55 bits per heavy atom. The molecule has 0 aliphatic heterocycles. The highest BCUT2D eigenvalue weighted by Gasteiger charge is 2.28. The molecule has 0 bridgehead atoms. The van der Waals surface area contributed by atoms with Crippen LogP contribution in [0.5, 0.6) is 5.75 Å².